The minimum Gasteiger partial charge on any atom is -0.489 e. The monoisotopic (exact) mass is 468 g/mol. The molecule has 4 aromatic rings. The summed E-state index contributed by atoms with van der Waals surface area (Å²) in [5.41, 5.74) is 2.55. The van der Waals surface area contributed by atoms with Gasteiger partial charge in [0.1, 0.15) is 24.0 Å². The molecule has 34 heavy (non-hydrogen) atoms. The summed E-state index contributed by atoms with van der Waals surface area (Å²) in [6.07, 6.45) is -0.970. The van der Waals surface area contributed by atoms with E-state index in [1.54, 1.807) is 43.6 Å². The molecule has 2 aromatic carbocycles. The van der Waals surface area contributed by atoms with Crippen molar-refractivity contribution >= 4 is 0 Å². The van der Waals surface area contributed by atoms with Crippen LogP contribution in [0, 0.1) is 18.7 Å². The highest BCUT2D eigenvalue weighted by Crippen LogP contribution is 2.56. The molecule has 0 N–H and O–H groups in total. The van der Waals surface area contributed by atoms with Crippen molar-refractivity contribution < 1.29 is 22.3 Å². The number of pyridine rings is 1. The first kappa shape index (κ1) is 22.1. The van der Waals surface area contributed by atoms with Crippen LogP contribution in [0.4, 0.5) is 17.6 Å². The van der Waals surface area contributed by atoms with E-state index in [1.165, 1.54) is 22.9 Å². The van der Waals surface area contributed by atoms with Gasteiger partial charge in [-0.05, 0) is 55.3 Å². The number of alkyl halides is 3. The second-order valence-corrected chi connectivity index (χ2v) is 8.30. The fraction of sp³-hybridized carbons (Fsp3) is 0.240. The second kappa shape index (κ2) is 8.55. The molecule has 5 nitrogen and oxygen atoms in total. The highest BCUT2D eigenvalue weighted by molar-refractivity contribution is 5.58. The number of hydrogen-bond donors (Lipinski definition) is 0. The van der Waals surface area contributed by atoms with Gasteiger partial charge in [-0.25, -0.2) is 14.1 Å². The lowest BCUT2D eigenvalue weighted by Crippen LogP contribution is -2.13. The van der Waals surface area contributed by atoms with E-state index in [1.807, 2.05) is 12.1 Å². The van der Waals surface area contributed by atoms with Crippen LogP contribution in [0.2, 0.25) is 0 Å². The number of hydrogen-bond acceptors (Lipinski definition) is 4. The highest BCUT2D eigenvalue weighted by atomic mass is 19.4. The molecule has 0 spiro atoms. The van der Waals surface area contributed by atoms with E-state index in [2.05, 4.69) is 15.1 Å². The summed E-state index contributed by atoms with van der Waals surface area (Å²) in [5.74, 6) is -1.63. The van der Waals surface area contributed by atoms with Crippen molar-refractivity contribution in [2.24, 2.45) is 5.92 Å². The van der Waals surface area contributed by atoms with Gasteiger partial charge in [-0.2, -0.15) is 13.2 Å². The Morgan fingerprint density at radius 2 is 1.94 bits per heavy atom. The summed E-state index contributed by atoms with van der Waals surface area (Å²) in [7, 11) is 0. The zero-order chi connectivity index (χ0) is 23.9. The SMILES string of the molecule is Cc1cc(F)ccc1-n1nc(-c2cccc(OCc3cccnc3)c2)nc1[C@@H]1C[C@H]1C(F)(F)F. The average Bonchev–Trinajstić information content (AvgIpc) is 3.51. The largest absolute Gasteiger partial charge is 0.489 e. The summed E-state index contributed by atoms with van der Waals surface area (Å²) in [6, 6.07) is 14.9. The van der Waals surface area contributed by atoms with Crippen LogP contribution < -0.4 is 4.74 Å². The smallest absolute Gasteiger partial charge is 0.392 e. The molecule has 1 fully saturated rings. The van der Waals surface area contributed by atoms with Gasteiger partial charge in [0.15, 0.2) is 5.82 Å². The summed E-state index contributed by atoms with van der Waals surface area (Å²) in [5, 5.41) is 4.53. The van der Waals surface area contributed by atoms with Gasteiger partial charge >= 0.3 is 6.18 Å². The van der Waals surface area contributed by atoms with Crippen LogP contribution in [0.1, 0.15) is 29.3 Å². The van der Waals surface area contributed by atoms with Gasteiger partial charge in [0, 0.05) is 29.4 Å². The van der Waals surface area contributed by atoms with Crippen molar-refractivity contribution in [3.05, 3.63) is 89.8 Å². The maximum Gasteiger partial charge on any atom is 0.392 e. The zero-order valence-electron chi connectivity index (χ0n) is 18.1. The van der Waals surface area contributed by atoms with Crippen LogP contribution in [0.3, 0.4) is 0 Å². The average molecular weight is 468 g/mol. The molecule has 1 saturated carbocycles. The lowest BCUT2D eigenvalue weighted by molar-refractivity contribution is -0.148. The number of aromatic nitrogens is 4. The molecule has 1 aliphatic rings. The summed E-state index contributed by atoms with van der Waals surface area (Å²) < 4.78 is 60.9. The molecule has 5 rings (SSSR count). The van der Waals surface area contributed by atoms with Gasteiger partial charge in [0.2, 0.25) is 0 Å². The third kappa shape index (κ3) is 4.50. The topological polar surface area (TPSA) is 52.8 Å². The van der Waals surface area contributed by atoms with Gasteiger partial charge in [-0.3, -0.25) is 4.98 Å². The Morgan fingerprint density at radius 1 is 1.09 bits per heavy atom. The Kier molecular flexibility index (Phi) is 5.55. The number of benzene rings is 2. The first-order chi connectivity index (χ1) is 16.3. The van der Waals surface area contributed by atoms with Gasteiger partial charge in [0.25, 0.3) is 0 Å². The summed E-state index contributed by atoms with van der Waals surface area (Å²) in [6.45, 7) is 2.00. The number of rotatable bonds is 6. The number of aryl methyl sites for hydroxylation is 1. The Morgan fingerprint density at radius 3 is 2.65 bits per heavy atom. The lowest BCUT2D eigenvalue weighted by Gasteiger charge is -2.10. The van der Waals surface area contributed by atoms with Gasteiger partial charge in [-0.1, -0.05) is 18.2 Å². The van der Waals surface area contributed by atoms with Crippen molar-refractivity contribution in [3.8, 4) is 22.8 Å². The molecule has 0 bridgehead atoms. The van der Waals surface area contributed by atoms with Crippen LogP contribution in [-0.4, -0.2) is 25.9 Å². The van der Waals surface area contributed by atoms with Crippen molar-refractivity contribution in [1.82, 2.24) is 19.7 Å². The molecular weight excluding hydrogens is 448 g/mol. The van der Waals surface area contributed by atoms with E-state index in [0.29, 0.717) is 29.2 Å². The number of nitrogens with zero attached hydrogens (tertiary/aromatic N) is 4. The van der Waals surface area contributed by atoms with E-state index >= 15 is 0 Å². The Hall–Kier alpha value is -3.75. The lowest BCUT2D eigenvalue weighted by atomic mass is 10.2. The minimum atomic E-state index is -4.31. The third-order valence-electron chi connectivity index (χ3n) is 5.78. The fourth-order valence-electron chi connectivity index (χ4n) is 3.94. The maximum atomic E-state index is 13.7. The van der Waals surface area contributed by atoms with Crippen LogP contribution in [0.5, 0.6) is 5.75 Å². The summed E-state index contributed by atoms with van der Waals surface area (Å²) >= 11 is 0. The number of halogens is 4. The van der Waals surface area contributed by atoms with Crippen LogP contribution >= 0.6 is 0 Å². The molecule has 0 amide bonds. The molecule has 0 unspecified atom stereocenters. The second-order valence-electron chi connectivity index (χ2n) is 8.30. The molecular formula is C25H20F4N4O. The molecule has 0 saturated heterocycles. The normalized spacial score (nSPS) is 17.6. The number of ether oxygens (including phenoxy) is 1. The maximum absolute atomic E-state index is 13.7. The van der Waals surface area contributed by atoms with E-state index in [4.69, 9.17) is 4.74 Å². The predicted molar refractivity (Wildman–Crippen MR) is 117 cm³/mol. The van der Waals surface area contributed by atoms with Gasteiger partial charge < -0.3 is 4.74 Å². The summed E-state index contributed by atoms with van der Waals surface area (Å²) in [4.78, 5) is 8.55. The van der Waals surface area contributed by atoms with Crippen molar-refractivity contribution in [1.29, 1.82) is 0 Å². The van der Waals surface area contributed by atoms with Crippen molar-refractivity contribution in [3.63, 3.8) is 0 Å². The van der Waals surface area contributed by atoms with E-state index in [-0.39, 0.29) is 18.1 Å². The zero-order valence-corrected chi connectivity index (χ0v) is 18.1. The highest BCUT2D eigenvalue weighted by Gasteiger charge is 2.58. The quantitative estimate of drug-likeness (QED) is 0.325. The Bertz CT molecular complexity index is 1320. The molecule has 1 aliphatic carbocycles. The molecule has 0 radical (unpaired) electrons. The van der Waals surface area contributed by atoms with Crippen LogP contribution in [0.25, 0.3) is 17.1 Å². The molecule has 2 aromatic heterocycles. The molecule has 0 aliphatic heterocycles. The van der Waals surface area contributed by atoms with E-state index in [9.17, 15) is 17.6 Å². The fourth-order valence-corrected chi connectivity index (χ4v) is 3.94. The first-order valence-electron chi connectivity index (χ1n) is 10.7. The van der Waals surface area contributed by atoms with E-state index < -0.39 is 23.8 Å². The third-order valence-corrected chi connectivity index (χ3v) is 5.78. The molecule has 2 heterocycles. The van der Waals surface area contributed by atoms with Crippen molar-refractivity contribution in [2.75, 3.05) is 0 Å². The Labute approximate surface area is 193 Å². The standard InChI is InChI=1S/C25H20F4N4O/c1-15-10-18(26)7-8-22(15)33-24(20-12-21(20)25(27,28)29)31-23(32-33)17-5-2-6-19(11-17)34-14-16-4-3-9-30-13-16/h2-11,13,20-21H,12,14H2,1H3/t20-,21-/m1/s1. The van der Waals surface area contributed by atoms with Crippen LogP contribution in [0.15, 0.2) is 67.0 Å². The van der Waals surface area contributed by atoms with Crippen LogP contribution in [-0.2, 0) is 6.61 Å². The van der Waals surface area contributed by atoms with Gasteiger partial charge in [0.05, 0.1) is 11.6 Å². The first-order valence-corrected chi connectivity index (χ1v) is 10.7. The Balaban J connectivity index is 1.49. The molecule has 2 atom stereocenters. The van der Waals surface area contributed by atoms with Gasteiger partial charge in [-0.15, -0.1) is 5.10 Å². The minimum absolute atomic E-state index is 0.0455. The van der Waals surface area contributed by atoms with Crippen molar-refractivity contribution in [2.45, 2.75) is 32.0 Å². The molecule has 9 heteroatoms. The predicted octanol–water partition coefficient (Wildman–Crippen LogP) is 6.02. The molecule has 174 valence electrons. The van der Waals surface area contributed by atoms with E-state index in [0.717, 1.165) is 5.56 Å².